The minimum atomic E-state index is -0.368. The van der Waals surface area contributed by atoms with Crippen molar-refractivity contribution >= 4 is 56.1 Å². The maximum Gasteiger partial charge on any atom is 0.323 e. The number of hydrogen-bond acceptors (Lipinski definition) is 3. The minimum absolute atomic E-state index is 0.368. The predicted molar refractivity (Wildman–Crippen MR) is 124 cm³/mol. The molecule has 0 bridgehead atoms. The van der Waals surface area contributed by atoms with E-state index in [1.165, 1.54) is 0 Å². The Bertz CT molecular complexity index is 1240. The number of carbonyl (C=O) groups is 1. The fraction of sp³-hybridized carbons (Fsp3) is 0.136. The average molecular weight is 485 g/mol. The number of imidazole rings is 1. The Hall–Kier alpha value is -2.90. The number of amides is 2. The highest BCUT2D eigenvalue weighted by Crippen LogP contribution is 2.23. The van der Waals surface area contributed by atoms with Gasteiger partial charge in [-0.1, -0.05) is 45.7 Å². The van der Waals surface area contributed by atoms with Gasteiger partial charge in [-0.15, -0.1) is 0 Å². The highest BCUT2D eigenvalue weighted by Gasteiger charge is 2.14. The third-order valence-corrected chi connectivity index (χ3v) is 5.45. The molecule has 0 radical (unpaired) electrons. The van der Waals surface area contributed by atoms with E-state index in [9.17, 15) is 4.79 Å². The largest absolute Gasteiger partial charge is 0.323 e. The number of hydrogen-bond donors (Lipinski definition) is 2. The van der Waals surface area contributed by atoms with Crippen molar-refractivity contribution in [3.05, 3.63) is 81.2 Å². The van der Waals surface area contributed by atoms with Crippen LogP contribution in [0.5, 0.6) is 0 Å². The van der Waals surface area contributed by atoms with Gasteiger partial charge in [-0.05, 0) is 55.8 Å². The van der Waals surface area contributed by atoms with Crippen molar-refractivity contribution in [3.63, 3.8) is 0 Å². The van der Waals surface area contributed by atoms with Gasteiger partial charge in [-0.3, -0.25) is 0 Å². The van der Waals surface area contributed by atoms with Crippen molar-refractivity contribution in [2.45, 2.75) is 20.4 Å². The fourth-order valence-electron chi connectivity index (χ4n) is 3.19. The quantitative estimate of drug-likeness (QED) is 0.364. The van der Waals surface area contributed by atoms with Gasteiger partial charge in [0.25, 0.3) is 0 Å². The number of nitrogens with one attached hydrogen (secondary N) is 2. The first kappa shape index (κ1) is 20.4. The second kappa shape index (κ2) is 8.45. The van der Waals surface area contributed by atoms with Crippen molar-refractivity contribution in [2.75, 3.05) is 10.6 Å². The topological polar surface area (TPSA) is 71.8 Å². The molecular weight excluding hydrogens is 466 g/mol. The molecule has 0 atom stereocenters. The fourth-order valence-corrected chi connectivity index (χ4v) is 3.64. The number of benzene rings is 2. The van der Waals surface area contributed by atoms with Gasteiger partial charge in [-0.25, -0.2) is 14.8 Å². The lowest BCUT2D eigenvalue weighted by Gasteiger charge is -2.11. The Balaban J connectivity index is 1.58. The normalized spacial score (nSPS) is 10.9. The summed E-state index contributed by atoms with van der Waals surface area (Å²) in [6.45, 7) is 4.49. The molecule has 0 spiro atoms. The summed E-state index contributed by atoms with van der Waals surface area (Å²) in [4.78, 5) is 21.7. The van der Waals surface area contributed by atoms with Crippen molar-refractivity contribution in [1.82, 2.24) is 14.5 Å². The van der Waals surface area contributed by atoms with E-state index in [1.807, 2.05) is 32.0 Å². The minimum Gasteiger partial charge on any atom is -0.308 e. The maximum atomic E-state index is 12.4. The van der Waals surface area contributed by atoms with Crippen LogP contribution in [0.4, 0.5) is 16.2 Å². The second-order valence-corrected chi connectivity index (χ2v) is 8.28. The van der Waals surface area contributed by atoms with E-state index < -0.39 is 0 Å². The molecule has 2 heterocycles. The van der Waals surface area contributed by atoms with E-state index in [4.69, 9.17) is 16.6 Å². The van der Waals surface area contributed by atoms with Crippen LogP contribution in [0, 0.1) is 13.8 Å². The number of fused-ring (bicyclic) bond motifs is 1. The van der Waals surface area contributed by atoms with Crippen molar-refractivity contribution in [3.8, 4) is 0 Å². The van der Waals surface area contributed by atoms with Crippen LogP contribution >= 0.6 is 27.5 Å². The van der Waals surface area contributed by atoms with Crippen molar-refractivity contribution in [2.24, 2.45) is 0 Å². The summed E-state index contributed by atoms with van der Waals surface area (Å²) in [5.74, 6) is 0.861. The van der Waals surface area contributed by atoms with Crippen molar-refractivity contribution < 1.29 is 4.79 Å². The Morgan fingerprint density at radius 2 is 1.83 bits per heavy atom. The van der Waals surface area contributed by atoms with Gasteiger partial charge >= 0.3 is 6.03 Å². The second-order valence-electron chi connectivity index (χ2n) is 6.93. The number of urea groups is 1. The number of halogens is 2. The van der Waals surface area contributed by atoms with Crippen LogP contribution in [0.1, 0.15) is 17.1 Å². The molecule has 2 aromatic heterocycles. The third-order valence-electron chi connectivity index (χ3n) is 4.69. The molecule has 0 saturated carbocycles. The number of pyridine rings is 1. The lowest BCUT2D eigenvalue weighted by molar-refractivity contribution is 0.262. The van der Waals surface area contributed by atoms with Gasteiger partial charge < -0.3 is 15.2 Å². The van der Waals surface area contributed by atoms with Gasteiger partial charge in [0.05, 0.1) is 17.9 Å². The van der Waals surface area contributed by atoms with Crippen LogP contribution in [-0.2, 0) is 6.54 Å². The van der Waals surface area contributed by atoms with E-state index in [2.05, 4.69) is 48.2 Å². The van der Waals surface area contributed by atoms with E-state index >= 15 is 0 Å². The first-order chi connectivity index (χ1) is 14.4. The summed E-state index contributed by atoms with van der Waals surface area (Å²) in [5.41, 5.74) is 4.60. The molecule has 0 fully saturated rings. The molecule has 0 aliphatic heterocycles. The van der Waals surface area contributed by atoms with E-state index in [-0.39, 0.29) is 6.03 Å². The number of nitrogens with zero attached hydrogens (tertiary/aromatic N) is 3. The Kier molecular flexibility index (Phi) is 5.74. The van der Waals surface area contributed by atoms with Crippen LogP contribution in [0.3, 0.4) is 0 Å². The Morgan fingerprint density at radius 1 is 1.07 bits per heavy atom. The molecule has 0 aliphatic rings. The summed E-state index contributed by atoms with van der Waals surface area (Å²) in [5, 5.41) is 6.17. The molecule has 30 heavy (non-hydrogen) atoms. The van der Waals surface area contributed by atoms with Crippen molar-refractivity contribution in [1.29, 1.82) is 0 Å². The Morgan fingerprint density at radius 3 is 2.57 bits per heavy atom. The highest BCUT2D eigenvalue weighted by atomic mass is 79.9. The molecule has 6 nitrogen and oxygen atoms in total. The lowest BCUT2D eigenvalue weighted by atomic mass is 10.2. The molecule has 4 aromatic rings. The third kappa shape index (κ3) is 4.47. The molecule has 0 aliphatic carbocycles. The van der Waals surface area contributed by atoms with Gasteiger partial charge in [0.15, 0.2) is 5.65 Å². The van der Waals surface area contributed by atoms with E-state index in [0.717, 1.165) is 27.0 Å². The molecule has 4 rings (SSSR count). The predicted octanol–water partition coefficient (Wildman–Crippen LogP) is 6.16. The zero-order chi connectivity index (χ0) is 21.3. The smallest absolute Gasteiger partial charge is 0.308 e. The number of aryl methyl sites for hydroxylation is 2. The first-order valence-electron chi connectivity index (χ1n) is 9.31. The summed E-state index contributed by atoms with van der Waals surface area (Å²) in [6, 6.07) is 16.6. The number of anilines is 2. The van der Waals surface area contributed by atoms with Gasteiger partial charge in [0.1, 0.15) is 11.3 Å². The molecule has 152 valence electrons. The number of rotatable bonds is 4. The summed E-state index contributed by atoms with van der Waals surface area (Å²) in [6.07, 6.45) is 0. The molecule has 2 amide bonds. The summed E-state index contributed by atoms with van der Waals surface area (Å²) >= 11 is 9.43. The van der Waals surface area contributed by atoms with E-state index in [0.29, 0.717) is 28.6 Å². The van der Waals surface area contributed by atoms with Crippen LogP contribution in [0.15, 0.2) is 59.1 Å². The van der Waals surface area contributed by atoms with Crippen LogP contribution in [0.2, 0.25) is 5.02 Å². The standard InChI is InChI=1S/C22H19BrClN5O/c1-13-19(28-22(30)27-18-5-3-4-17(24)10-18)11-20-21(25-13)29(14(2)26-20)12-15-6-8-16(23)9-7-15/h3-11H,12H2,1-2H3,(H2,27,28,30). The SMILES string of the molecule is Cc1nc2c(cc1NC(=O)Nc1cccc(Cl)c1)nc(C)n2Cc1ccc(Br)cc1. The Labute approximate surface area is 187 Å². The molecule has 2 aromatic carbocycles. The molecule has 0 saturated heterocycles. The van der Waals surface area contributed by atoms with Gasteiger partial charge in [0.2, 0.25) is 0 Å². The monoisotopic (exact) mass is 483 g/mol. The molecule has 8 heteroatoms. The highest BCUT2D eigenvalue weighted by molar-refractivity contribution is 9.10. The zero-order valence-corrected chi connectivity index (χ0v) is 18.8. The number of carbonyl (C=O) groups excluding carboxylic acids is 1. The van der Waals surface area contributed by atoms with Crippen LogP contribution in [0.25, 0.3) is 11.2 Å². The van der Waals surface area contributed by atoms with E-state index in [1.54, 1.807) is 24.3 Å². The molecular formula is C22H19BrClN5O. The van der Waals surface area contributed by atoms with Crippen LogP contribution < -0.4 is 10.6 Å². The van der Waals surface area contributed by atoms with Gasteiger partial charge in [-0.2, -0.15) is 0 Å². The van der Waals surface area contributed by atoms with Crippen LogP contribution in [-0.4, -0.2) is 20.6 Å². The lowest BCUT2D eigenvalue weighted by Crippen LogP contribution is -2.20. The first-order valence-corrected chi connectivity index (χ1v) is 10.5. The average Bonchev–Trinajstić information content (AvgIpc) is 2.98. The zero-order valence-electron chi connectivity index (χ0n) is 16.4. The maximum absolute atomic E-state index is 12.4. The number of aromatic nitrogens is 3. The van der Waals surface area contributed by atoms with Gasteiger partial charge in [0, 0.05) is 15.2 Å². The molecule has 2 N–H and O–H groups in total. The summed E-state index contributed by atoms with van der Waals surface area (Å²) < 4.78 is 3.11. The molecule has 0 unspecified atom stereocenters. The summed E-state index contributed by atoms with van der Waals surface area (Å²) in [7, 11) is 0.